The van der Waals surface area contributed by atoms with Gasteiger partial charge in [-0.3, -0.25) is 9.59 Å². The van der Waals surface area contributed by atoms with E-state index in [0.717, 1.165) is 56.6 Å². The third-order valence-electron chi connectivity index (χ3n) is 6.71. The predicted molar refractivity (Wildman–Crippen MR) is 104 cm³/mol. The maximum atomic E-state index is 13.1. The highest BCUT2D eigenvalue weighted by Crippen LogP contribution is 2.42. The van der Waals surface area contributed by atoms with Crippen LogP contribution in [0.15, 0.2) is 6.33 Å². The zero-order chi connectivity index (χ0) is 19.7. The Morgan fingerprint density at radius 1 is 1.29 bits per heavy atom. The number of carbonyl (C=O) groups is 2. The van der Waals surface area contributed by atoms with Gasteiger partial charge in [0.05, 0.1) is 23.5 Å². The highest BCUT2D eigenvalue weighted by molar-refractivity contribution is 5.80. The number of imidazole rings is 1. The summed E-state index contributed by atoms with van der Waals surface area (Å²) in [7, 11) is 3.64. The highest BCUT2D eigenvalue weighted by atomic mass is 16.5. The van der Waals surface area contributed by atoms with Crippen LogP contribution in [0.3, 0.4) is 0 Å². The first-order valence-corrected chi connectivity index (χ1v) is 10.3. The van der Waals surface area contributed by atoms with Gasteiger partial charge in [-0.15, -0.1) is 0 Å². The summed E-state index contributed by atoms with van der Waals surface area (Å²) in [5.41, 5.74) is 1.67. The number of hydrogen-bond acceptors (Lipinski definition) is 5. The fourth-order valence-electron chi connectivity index (χ4n) is 5.27. The van der Waals surface area contributed by atoms with Crippen LogP contribution in [0.4, 0.5) is 0 Å². The number of H-pyrrole nitrogens is 1. The molecule has 0 aromatic carbocycles. The van der Waals surface area contributed by atoms with Crippen molar-refractivity contribution in [2.75, 3.05) is 53.5 Å². The summed E-state index contributed by atoms with van der Waals surface area (Å²) in [6, 6.07) is 0. The second kappa shape index (κ2) is 7.83. The molecule has 1 aromatic heterocycles. The van der Waals surface area contributed by atoms with Crippen LogP contribution in [-0.2, 0) is 26.3 Å². The molecule has 8 nitrogen and oxygen atoms in total. The molecular weight excluding hydrogens is 358 g/mol. The molecule has 1 atom stereocenters. The normalized spacial score (nSPS) is 25.0. The number of fused-ring (bicyclic) bond motifs is 2. The minimum absolute atomic E-state index is 0.00447. The van der Waals surface area contributed by atoms with Gasteiger partial charge in [0, 0.05) is 45.4 Å². The Bertz CT molecular complexity index is 725. The molecule has 0 saturated carbocycles. The van der Waals surface area contributed by atoms with Crippen LogP contribution >= 0.6 is 0 Å². The van der Waals surface area contributed by atoms with Crippen LogP contribution in [-0.4, -0.2) is 90.0 Å². The Hall–Kier alpha value is -1.93. The molecule has 4 heterocycles. The van der Waals surface area contributed by atoms with Crippen LogP contribution < -0.4 is 0 Å². The maximum absolute atomic E-state index is 13.1. The first-order valence-electron chi connectivity index (χ1n) is 10.3. The Labute approximate surface area is 166 Å². The smallest absolute Gasteiger partial charge is 0.249 e. The Balaban J connectivity index is 1.52. The van der Waals surface area contributed by atoms with E-state index in [2.05, 4.69) is 21.9 Å². The standard InChI is InChI=1S/C20H31N5O3/c1-23-8-3-4-15(12-23)19(27)24-10-6-20(7-11-24)18-16(21-14-22-18)5-9-25(20)17(26)13-28-2/h14-15H,3-13H2,1-2H3,(H,21,22)/t15-/m1/s1. The van der Waals surface area contributed by atoms with Crippen molar-refractivity contribution < 1.29 is 14.3 Å². The van der Waals surface area contributed by atoms with Crippen molar-refractivity contribution in [3.8, 4) is 0 Å². The van der Waals surface area contributed by atoms with Gasteiger partial charge in [-0.25, -0.2) is 4.98 Å². The molecular formula is C20H31N5O3. The molecule has 0 unspecified atom stereocenters. The fraction of sp³-hybridized carbons (Fsp3) is 0.750. The molecule has 2 saturated heterocycles. The van der Waals surface area contributed by atoms with Gasteiger partial charge in [0.1, 0.15) is 6.61 Å². The van der Waals surface area contributed by atoms with Crippen LogP contribution in [0.25, 0.3) is 0 Å². The van der Waals surface area contributed by atoms with Crippen molar-refractivity contribution >= 4 is 11.8 Å². The Morgan fingerprint density at radius 2 is 2.07 bits per heavy atom. The zero-order valence-electron chi connectivity index (χ0n) is 16.9. The lowest BCUT2D eigenvalue weighted by Gasteiger charge is -2.50. The number of likely N-dealkylation sites (tertiary alicyclic amines) is 2. The second-order valence-corrected chi connectivity index (χ2v) is 8.42. The third-order valence-corrected chi connectivity index (χ3v) is 6.71. The van der Waals surface area contributed by atoms with E-state index >= 15 is 0 Å². The van der Waals surface area contributed by atoms with E-state index in [-0.39, 0.29) is 24.3 Å². The molecule has 3 aliphatic rings. The lowest BCUT2D eigenvalue weighted by molar-refractivity contribution is -0.149. The van der Waals surface area contributed by atoms with E-state index in [1.807, 2.05) is 9.80 Å². The van der Waals surface area contributed by atoms with Crippen LogP contribution in [0.2, 0.25) is 0 Å². The number of aromatic amines is 1. The van der Waals surface area contributed by atoms with E-state index < -0.39 is 5.54 Å². The quantitative estimate of drug-likeness (QED) is 0.819. The Morgan fingerprint density at radius 3 is 2.79 bits per heavy atom. The average molecular weight is 390 g/mol. The number of carbonyl (C=O) groups excluding carboxylic acids is 2. The van der Waals surface area contributed by atoms with Gasteiger partial charge >= 0.3 is 0 Å². The molecule has 154 valence electrons. The van der Waals surface area contributed by atoms with E-state index in [1.54, 1.807) is 13.4 Å². The summed E-state index contributed by atoms with van der Waals surface area (Å²) in [5, 5.41) is 0. The summed E-state index contributed by atoms with van der Waals surface area (Å²) in [4.78, 5) is 39.9. The predicted octanol–water partition coefficient (Wildman–Crippen LogP) is 0.600. The SMILES string of the molecule is COCC(=O)N1CCc2[nH]cnc2C12CCN(C(=O)[C@@H]1CCCN(C)C1)CC2. The molecule has 8 heteroatoms. The van der Waals surface area contributed by atoms with Crippen LogP contribution in [0.1, 0.15) is 37.1 Å². The molecule has 2 fully saturated rings. The summed E-state index contributed by atoms with van der Waals surface area (Å²) >= 11 is 0. The van der Waals surface area contributed by atoms with Gasteiger partial charge in [0.25, 0.3) is 0 Å². The van der Waals surface area contributed by atoms with Crippen molar-refractivity contribution in [1.82, 2.24) is 24.7 Å². The minimum atomic E-state index is -0.427. The van der Waals surface area contributed by atoms with Crippen LogP contribution in [0, 0.1) is 5.92 Å². The van der Waals surface area contributed by atoms with Gasteiger partial charge in [-0.1, -0.05) is 0 Å². The van der Waals surface area contributed by atoms with Gasteiger partial charge in [0.15, 0.2) is 0 Å². The molecule has 0 bridgehead atoms. The second-order valence-electron chi connectivity index (χ2n) is 8.42. The van der Waals surface area contributed by atoms with Gasteiger partial charge in [0.2, 0.25) is 11.8 Å². The van der Waals surface area contributed by atoms with Crippen molar-refractivity contribution in [2.45, 2.75) is 37.6 Å². The lowest BCUT2D eigenvalue weighted by Crippen LogP contribution is -2.60. The number of amides is 2. The van der Waals surface area contributed by atoms with Crippen LogP contribution in [0.5, 0.6) is 0 Å². The topological polar surface area (TPSA) is 81.8 Å². The number of piperidine rings is 2. The number of nitrogens with zero attached hydrogens (tertiary/aromatic N) is 4. The highest BCUT2D eigenvalue weighted by Gasteiger charge is 2.49. The monoisotopic (exact) mass is 389 g/mol. The largest absolute Gasteiger partial charge is 0.375 e. The molecule has 1 spiro atoms. The number of ether oxygens (including phenoxy) is 1. The first kappa shape index (κ1) is 19.4. The molecule has 1 aromatic rings. The summed E-state index contributed by atoms with van der Waals surface area (Å²) in [5.74, 6) is 0.380. The van der Waals surface area contributed by atoms with E-state index in [4.69, 9.17) is 4.74 Å². The molecule has 0 aliphatic carbocycles. The summed E-state index contributed by atoms with van der Waals surface area (Å²) < 4.78 is 5.12. The average Bonchev–Trinajstić information content (AvgIpc) is 3.18. The number of hydrogen-bond donors (Lipinski definition) is 1. The molecule has 3 aliphatic heterocycles. The molecule has 28 heavy (non-hydrogen) atoms. The van der Waals surface area contributed by atoms with Crippen molar-refractivity contribution in [1.29, 1.82) is 0 Å². The minimum Gasteiger partial charge on any atom is -0.375 e. The van der Waals surface area contributed by atoms with Gasteiger partial charge in [-0.2, -0.15) is 0 Å². The molecule has 0 radical (unpaired) electrons. The van der Waals surface area contributed by atoms with Gasteiger partial charge < -0.3 is 24.4 Å². The molecule has 4 rings (SSSR count). The Kier molecular flexibility index (Phi) is 5.42. The fourth-order valence-corrected chi connectivity index (χ4v) is 5.27. The van der Waals surface area contributed by atoms with Crippen molar-refractivity contribution in [3.05, 3.63) is 17.7 Å². The van der Waals surface area contributed by atoms with Crippen molar-refractivity contribution in [2.24, 2.45) is 5.92 Å². The third kappa shape index (κ3) is 3.33. The molecule has 1 N–H and O–H groups in total. The zero-order valence-corrected chi connectivity index (χ0v) is 16.9. The summed E-state index contributed by atoms with van der Waals surface area (Å²) in [6.07, 6.45) is 6.03. The number of aromatic nitrogens is 2. The lowest BCUT2D eigenvalue weighted by atomic mass is 9.78. The van der Waals surface area contributed by atoms with Crippen molar-refractivity contribution in [3.63, 3.8) is 0 Å². The number of rotatable bonds is 3. The van der Waals surface area contributed by atoms with E-state index in [0.29, 0.717) is 19.6 Å². The summed E-state index contributed by atoms with van der Waals surface area (Å²) in [6.45, 7) is 4.01. The van der Waals surface area contributed by atoms with E-state index in [9.17, 15) is 9.59 Å². The van der Waals surface area contributed by atoms with E-state index in [1.165, 1.54) is 0 Å². The first-order chi connectivity index (χ1) is 13.5. The number of nitrogens with one attached hydrogen (secondary N) is 1. The number of methoxy groups -OCH3 is 1. The maximum Gasteiger partial charge on any atom is 0.249 e. The molecule has 2 amide bonds. The van der Waals surface area contributed by atoms with Gasteiger partial charge in [-0.05, 0) is 39.3 Å².